The smallest absolute Gasteiger partial charge is 0.321 e. The van der Waals surface area contributed by atoms with Gasteiger partial charge in [-0.25, -0.2) is 4.79 Å². The zero-order valence-corrected chi connectivity index (χ0v) is 36.9. The summed E-state index contributed by atoms with van der Waals surface area (Å²) in [5, 5.41) is 6.79. The van der Waals surface area contributed by atoms with Crippen molar-refractivity contribution in [2.24, 2.45) is 0 Å². The average molecular weight is 1030 g/mol. The number of hydrogen-bond donors (Lipinski definition) is 10. The zero-order chi connectivity index (χ0) is 49.1. The van der Waals surface area contributed by atoms with Gasteiger partial charge in [0.05, 0.1) is 21.2 Å². The topological polar surface area (TPSA) is 426 Å². The van der Waals surface area contributed by atoms with Gasteiger partial charge >= 0.3 is 6.03 Å². The van der Waals surface area contributed by atoms with Crippen LogP contribution in [0.15, 0.2) is 126 Å². The van der Waals surface area contributed by atoms with Crippen LogP contribution in [0.3, 0.4) is 0 Å². The molecule has 0 radical (unpaired) electrons. The van der Waals surface area contributed by atoms with Crippen molar-refractivity contribution in [3.8, 4) is 0 Å². The van der Waals surface area contributed by atoms with E-state index in [-0.39, 0.29) is 22.5 Å². The number of urea groups is 1. The molecule has 0 atom stereocenters. The fourth-order valence-electron chi connectivity index (χ4n) is 6.17. The van der Waals surface area contributed by atoms with Gasteiger partial charge in [-0.3, -0.25) is 36.9 Å². The van der Waals surface area contributed by atoms with Gasteiger partial charge in [-0.15, -0.1) is 0 Å². The first-order valence-corrected chi connectivity index (χ1v) is 25.8. The number of nitrogens with one attached hydrogen (secondary N) is 4. The Bertz CT molecular complexity index is 3580. The fourth-order valence-corrected chi connectivity index (χ4v) is 10.2. The molecule has 0 aromatic heterocycles. The molecule has 25 nitrogen and oxygen atoms in total. The average Bonchev–Trinajstić information content (AvgIpc) is 3.17. The molecule has 0 fully saturated rings. The largest absolute Gasteiger partial charge is 0.323 e. The van der Waals surface area contributed by atoms with E-state index < -0.39 is 141 Å². The van der Waals surface area contributed by atoms with Gasteiger partial charge in [-0.05, 0) is 95.7 Å². The van der Waals surface area contributed by atoms with E-state index in [1.807, 2.05) is 0 Å². The molecule has 6 aromatic carbocycles. The second-order valence-corrected chi connectivity index (χ2v) is 21.9. The lowest BCUT2D eigenvalue weighted by molar-refractivity contribution is 0.101. The van der Waals surface area contributed by atoms with Crippen molar-refractivity contribution < 1.29 is 92.2 Å². The van der Waals surface area contributed by atoms with Crippen LogP contribution in [0, 0.1) is 0 Å². The summed E-state index contributed by atoms with van der Waals surface area (Å²) in [5.41, 5.74) is -2.35. The summed E-state index contributed by atoms with van der Waals surface area (Å²) in [4.78, 5) is 33.2. The molecule has 6 rings (SSSR count). The predicted octanol–water partition coefficient (Wildman–Crippen LogP) is 3.62. The number of carbonyl (C=O) groups excluding carboxylic acids is 3. The lowest BCUT2D eigenvalue weighted by Crippen LogP contribution is -2.21. The van der Waals surface area contributed by atoms with E-state index >= 15 is 0 Å². The molecule has 0 aliphatic heterocycles. The maximum absolute atomic E-state index is 13.4. The number of fused-ring (bicyclic) bond motifs is 2. The number of hydrogen-bond acceptors (Lipinski definition) is 15. The minimum Gasteiger partial charge on any atom is -0.321 e. The third-order valence-electron chi connectivity index (χ3n) is 8.95. The van der Waals surface area contributed by atoms with Gasteiger partial charge in [0.25, 0.3) is 72.5 Å². The van der Waals surface area contributed by atoms with Crippen molar-refractivity contribution in [2.75, 3.05) is 21.3 Å². The first-order valence-electron chi connectivity index (χ1n) is 17.2. The minimum absolute atomic E-state index is 0.101. The van der Waals surface area contributed by atoms with Gasteiger partial charge < -0.3 is 21.3 Å². The summed E-state index contributed by atoms with van der Waals surface area (Å²) < 4.78 is 203. The predicted molar refractivity (Wildman–Crippen MR) is 228 cm³/mol. The highest BCUT2D eigenvalue weighted by atomic mass is 32.2. The molecule has 348 valence electrons. The van der Waals surface area contributed by atoms with Gasteiger partial charge in [0, 0.05) is 33.3 Å². The Morgan fingerprint density at radius 2 is 0.697 bits per heavy atom. The molecule has 10 N–H and O–H groups in total. The van der Waals surface area contributed by atoms with Crippen LogP contribution < -0.4 is 21.3 Å². The standard InChI is InChI=1S/C35H26N4O21S6/c40-33(38-27-15-25-19(11-31(27)65(55,56)57)9-23(61(43,44)45)13-29(25)63(49,50)51)17-3-1-5-21(7-17)36-35(42)37-22-6-2-4-18(8-22)34(41)39-28-16-26-20(12-32(28)66(58,59)60)10-24(62(46,47)48)14-30(26)64(52,53)54/h1-16H,(H,38,40)(H,39,41)(H2,36,37,42)(H,43,44,45)(H,46,47,48)(H,49,50,51)(H,52,53,54)(H,55,56,57)(H,58,59,60). The van der Waals surface area contributed by atoms with E-state index in [2.05, 4.69) is 21.3 Å². The molecule has 66 heavy (non-hydrogen) atoms. The van der Waals surface area contributed by atoms with Crippen LogP contribution in [-0.4, -0.2) is 95.7 Å². The summed E-state index contributed by atoms with van der Waals surface area (Å²) >= 11 is 0. The van der Waals surface area contributed by atoms with Crippen LogP contribution in [0.1, 0.15) is 20.7 Å². The number of anilines is 4. The van der Waals surface area contributed by atoms with Gasteiger partial charge in [0.1, 0.15) is 19.6 Å². The summed E-state index contributed by atoms with van der Waals surface area (Å²) in [7, 11) is -31.4. The van der Waals surface area contributed by atoms with E-state index in [4.69, 9.17) is 0 Å². The van der Waals surface area contributed by atoms with Crippen LogP contribution in [-0.2, 0) is 60.7 Å². The van der Waals surface area contributed by atoms with E-state index in [1.54, 1.807) is 0 Å². The van der Waals surface area contributed by atoms with E-state index in [0.717, 1.165) is 12.1 Å². The van der Waals surface area contributed by atoms with Crippen LogP contribution in [0.2, 0.25) is 0 Å². The highest BCUT2D eigenvalue weighted by Gasteiger charge is 2.27. The zero-order valence-electron chi connectivity index (χ0n) is 32.0. The van der Waals surface area contributed by atoms with E-state index in [0.29, 0.717) is 48.5 Å². The van der Waals surface area contributed by atoms with Crippen molar-refractivity contribution in [1.82, 2.24) is 0 Å². The molecular formula is C35H26N4O21S6. The Morgan fingerprint density at radius 3 is 1.00 bits per heavy atom. The summed E-state index contributed by atoms with van der Waals surface area (Å²) in [6.07, 6.45) is 0. The first kappa shape index (κ1) is 49.0. The quantitative estimate of drug-likeness (QED) is 0.0782. The molecule has 0 bridgehead atoms. The molecule has 0 spiro atoms. The maximum Gasteiger partial charge on any atom is 0.323 e. The summed E-state index contributed by atoms with van der Waals surface area (Å²) in [6, 6.07) is 12.9. The number of amides is 4. The van der Waals surface area contributed by atoms with Gasteiger partial charge in [-0.2, -0.15) is 50.5 Å². The van der Waals surface area contributed by atoms with Gasteiger partial charge in [0.15, 0.2) is 0 Å². The summed E-state index contributed by atoms with van der Waals surface area (Å²) in [5.74, 6) is -2.27. The van der Waals surface area contributed by atoms with E-state index in [9.17, 15) is 92.2 Å². The molecule has 0 aliphatic rings. The number of carbonyl (C=O) groups is 3. The second kappa shape index (κ2) is 17.1. The normalized spacial score (nSPS) is 12.7. The molecule has 0 aliphatic carbocycles. The summed E-state index contributed by atoms with van der Waals surface area (Å²) in [6.45, 7) is 0. The monoisotopic (exact) mass is 1030 g/mol. The molecule has 0 saturated heterocycles. The second-order valence-electron chi connectivity index (χ2n) is 13.5. The third kappa shape index (κ3) is 10.9. The van der Waals surface area contributed by atoms with Crippen molar-refractivity contribution in [2.45, 2.75) is 29.4 Å². The Morgan fingerprint density at radius 1 is 0.364 bits per heavy atom. The molecule has 0 heterocycles. The third-order valence-corrected chi connectivity index (χ3v) is 14.2. The van der Waals surface area contributed by atoms with Crippen molar-refractivity contribution in [1.29, 1.82) is 0 Å². The van der Waals surface area contributed by atoms with E-state index in [1.165, 1.54) is 36.4 Å². The lowest BCUT2D eigenvalue weighted by Gasteiger charge is -2.14. The molecule has 6 aromatic rings. The van der Waals surface area contributed by atoms with Crippen molar-refractivity contribution >= 4 is 123 Å². The molecule has 4 amide bonds. The lowest BCUT2D eigenvalue weighted by atomic mass is 10.1. The molecule has 31 heteroatoms. The maximum atomic E-state index is 13.4. The highest BCUT2D eigenvalue weighted by molar-refractivity contribution is 7.87. The highest BCUT2D eigenvalue weighted by Crippen LogP contribution is 2.36. The molecular weight excluding hydrogens is 1000 g/mol. The number of rotatable bonds is 12. The molecule has 0 unspecified atom stereocenters. The Balaban J connectivity index is 1.24. The van der Waals surface area contributed by atoms with Crippen LogP contribution >= 0.6 is 0 Å². The minimum atomic E-state index is -5.28. The van der Waals surface area contributed by atoms with Crippen LogP contribution in [0.5, 0.6) is 0 Å². The van der Waals surface area contributed by atoms with Crippen LogP contribution in [0.25, 0.3) is 21.5 Å². The van der Waals surface area contributed by atoms with Gasteiger partial charge in [0.2, 0.25) is 0 Å². The fraction of sp³-hybridized carbons (Fsp3) is 0. The van der Waals surface area contributed by atoms with Crippen molar-refractivity contribution in [3.05, 3.63) is 108 Å². The Kier molecular flexibility index (Phi) is 12.7. The van der Waals surface area contributed by atoms with Gasteiger partial charge in [-0.1, -0.05) is 12.1 Å². The number of benzene rings is 6. The molecule has 0 saturated carbocycles. The first-order chi connectivity index (χ1) is 30.2. The van der Waals surface area contributed by atoms with Crippen molar-refractivity contribution in [3.63, 3.8) is 0 Å². The Hall–Kier alpha value is -6.49. The SMILES string of the molecule is O=C(Nc1cccc(C(=O)Nc2cc3c(S(=O)(=O)O)cc(S(=O)(=O)O)cc3cc2S(=O)(=O)O)c1)Nc1cccc(C(=O)Nc2cc3c(S(=O)(=O)O)cc(S(=O)(=O)O)cc3cc2S(=O)(=O)O)c1. The van der Waals surface area contributed by atoms with Crippen LogP contribution in [0.4, 0.5) is 27.5 Å². The Labute approximate surface area is 372 Å².